The van der Waals surface area contributed by atoms with Gasteiger partial charge in [-0.05, 0) is 45.0 Å². The summed E-state index contributed by atoms with van der Waals surface area (Å²) < 4.78 is 0. The monoisotopic (exact) mass is 230 g/mol. The number of carbonyl (C=O) groups is 2. The number of nitrogens with zero attached hydrogens (tertiary/aromatic N) is 1. The third-order valence-corrected chi connectivity index (χ3v) is 1.97. The van der Waals surface area contributed by atoms with E-state index in [2.05, 4.69) is 5.32 Å². The van der Waals surface area contributed by atoms with Gasteiger partial charge in [0.15, 0.2) is 0 Å². The van der Waals surface area contributed by atoms with E-state index in [1.54, 1.807) is 20.8 Å². The highest BCUT2D eigenvalue weighted by Crippen LogP contribution is 2.06. The zero-order valence-corrected chi connectivity index (χ0v) is 10.1. The zero-order chi connectivity index (χ0) is 13.1. The minimum Gasteiger partial charge on any atom is -0.345 e. The first-order valence-corrected chi connectivity index (χ1v) is 5.20. The molecule has 0 heterocycles. The average molecular weight is 230 g/mol. The van der Waals surface area contributed by atoms with Crippen LogP contribution in [0.15, 0.2) is 24.3 Å². The van der Waals surface area contributed by atoms with Crippen molar-refractivity contribution in [3.8, 4) is 6.07 Å². The molecule has 0 unspecified atom stereocenters. The second kappa shape index (κ2) is 4.79. The maximum atomic E-state index is 11.7. The summed E-state index contributed by atoms with van der Waals surface area (Å²) in [6, 6.07) is 7.92. The number of benzene rings is 1. The topological polar surface area (TPSA) is 70.0 Å². The van der Waals surface area contributed by atoms with Gasteiger partial charge in [-0.2, -0.15) is 5.26 Å². The molecule has 0 saturated heterocycles. The molecule has 4 heteroatoms. The summed E-state index contributed by atoms with van der Waals surface area (Å²) in [4.78, 5) is 23.3. The van der Waals surface area contributed by atoms with Gasteiger partial charge in [-0.3, -0.25) is 9.59 Å². The van der Waals surface area contributed by atoms with Crippen LogP contribution in [-0.4, -0.2) is 17.2 Å². The van der Waals surface area contributed by atoms with E-state index in [1.165, 1.54) is 24.3 Å². The summed E-state index contributed by atoms with van der Waals surface area (Å²) in [5, 5.41) is 11.2. The van der Waals surface area contributed by atoms with E-state index in [-0.39, 0.29) is 5.56 Å². The molecule has 0 spiro atoms. The smallest absolute Gasteiger partial charge is 0.292 e. The number of carbonyl (C=O) groups excluding carboxylic acids is 2. The second-order valence-corrected chi connectivity index (χ2v) is 4.72. The molecule has 1 amide bonds. The van der Waals surface area contributed by atoms with Crippen LogP contribution in [0.2, 0.25) is 0 Å². The molecule has 0 aromatic heterocycles. The fraction of sp³-hybridized carbons (Fsp3) is 0.308. The average Bonchev–Trinajstić information content (AvgIpc) is 2.26. The summed E-state index contributed by atoms with van der Waals surface area (Å²) in [6.07, 6.45) is 0. The molecule has 88 valence electrons. The molecular weight excluding hydrogens is 216 g/mol. The molecule has 0 fully saturated rings. The summed E-state index contributed by atoms with van der Waals surface area (Å²) >= 11 is 0. The summed E-state index contributed by atoms with van der Waals surface area (Å²) in [6.45, 7) is 5.41. The SMILES string of the molecule is CC(C)(C)NC(=O)C(=O)c1ccc(C#N)cc1. The Kier molecular flexibility index (Phi) is 3.64. The Morgan fingerprint density at radius 2 is 1.71 bits per heavy atom. The van der Waals surface area contributed by atoms with Crippen molar-refractivity contribution in [2.24, 2.45) is 0 Å². The van der Waals surface area contributed by atoms with Gasteiger partial charge < -0.3 is 5.32 Å². The highest BCUT2D eigenvalue weighted by atomic mass is 16.2. The predicted molar refractivity (Wildman–Crippen MR) is 63.4 cm³/mol. The van der Waals surface area contributed by atoms with Crippen molar-refractivity contribution >= 4 is 11.7 Å². The van der Waals surface area contributed by atoms with Gasteiger partial charge in [0.05, 0.1) is 11.6 Å². The van der Waals surface area contributed by atoms with Crippen molar-refractivity contribution in [3.05, 3.63) is 35.4 Å². The third-order valence-electron chi connectivity index (χ3n) is 1.97. The lowest BCUT2D eigenvalue weighted by molar-refractivity contribution is -0.118. The molecule has 0 atom stereocenters. The first kappa shape index (κ1) is 12.9. The van der Waals surface area contributed by atoms with E-state index in [0.717, 1.165) is 0 Å². The van der Waals surface area contributed by atoms with Crippen molar-refractivity contribution in [1.82, 2.24) is 5.32 Å². The lowest BCUT2D eigenvalue weighted by atomic mass is 10.1. The lowest BCUT2D eigenvalue weighted by Gasteiger charge is -2.19. The van der Waals surface area contributed by atoms with Gasteiger partial charge >= 0.3 is 0 Å². The maximum Gasteiger partial charge on any atom is 0.292 e. The highest BCUT2D eigenvalue weighted by Gasteiger charge is 2.21. The minimum absolute atomic E-state index is 0.283. The fourth-order valence-electron chi connectivity index (χ4n) is 1.22. The van der Waals surface area contributed by atoms with Crippen LogP contribution in [0.25, 0.3) is 0 Å². The number of nitrogens with one attached hydrogen (secondary N) is 1. The van der Waals surface area contributed by atoms with Crippen LogP contribution >= 0.6 is 0 Å². The Labute approximate surface area is 100 Å². The third kappa shape index (κ3) is 3.72. The van der Waals surface area contributed by atoms with Gasteiger partial charge in [0, 0.05) is 11.1 Å². The summed E-state index contributed by atoms with van der Waals surface area (Å²) in [7, 11) is 0. The van der Waals surface area contributed by atoms with Gasteiger partial charge in [-0.25, -0.2) is 0 Å². The molecule has 1 aromatic rings. The minimum atomic E-state index is -0.637. The first-order chi connectivity index (χ1) is 7.83. The first-order valence-electron chi connectivity index (χ1n) is 5.20. The van der Waals surface area contributed by atoms with Crippen LogP contribution in [0.3, 0.4) is 0 Å². The molecule has 0 aliphatic carbocycles. The number of nitriles is 1. The van der Waals surface area contributed by atoms with Gasteiger partial charge in [0.1, 0.15) is 0 Å². The summed E-state index contributed by atoms with van der Waals surface area (Å²) in [5.74, 6) is -1.23. The molecule has 0 saturated carbocycles. The lowest BCUT2D eigenvalue weighted by Crippen LogP contribution is -2.44. The van der Waals surface area contributed by atoms with Gasteiger partial charge in [-0.1, -0.05) is 0 Å². The molecule has 0 radical (unpaired) electrons. The van der Waals surface area contributed by atoms with E-state index < -0.39 is 17.2 Å². The zero-order valence-electron chi connectivity index (χ0n) is 10.1. The molecule has 1 rings (SSSR count). The maximum absolute atomic E-state index is 11.7. The number of rotatable bonds is 2. The Balaban J connectivity index is 2.83. The number of Topliss-reactive ketones (excluding diaryl/α,β-unsaturated/α-hetero) is 1. The van der Waals surface area contributed by atoms with Crippen LogP contribution in [0, 0.1) is 11.3 Å². The van der Waals surface area contributed by atoms with Crippen LogP contribution < -0.4 is 5.32 Å². The second-order valence-electron chi connectivity index (χ2n) is 4.72. The molecule has 0 bridgehead atoms. The van der Waals surface area contributed by atoms with E-state index >= 15 is 0 Å². The standard InChI is InChI=1S/C13H14N2O2/c1-13(2,3)15-12(17)11(16)10-6-4-9(8-14)5-7-10/h4-7H,1-3H3,(H,15,17). The summed E-state index contributed by atoms with van der Waals surface area (Å²) in [5.41, 5.74) is 0.294. The Morgan fingerprint density at radius 3 is 2.12 bits per heavy atom. The van der Waals surface area contributed by atoms with E-state index in [1.807, 2.05) is 6.07 Å². The normalized spacial score (nSPS) is 10.5. The van der Waals surface area contributed by atoms with E-state index in [0.29, 0.717) is 5.56 Å². The molecular formula is C13H14N2O2. The predicted octanol–water partition coefficient (Wildman–Crippen LogP) is 1.66. The Morgan fingerprint density at radius 1 is 1.18 bits per heavy atom. The van der Waals surface area contributed by atoms with Crippen molar-refractivity contribution in [2.75, 3.05) is 0 Å². The van der Waals surface area contributed by atoms with Gasteiger partial charge in [0.25, 0.3) is 5.91 Å². The molecule has 1 aromatic carbocycles. The van der Waals surface area contributed by atoms with Crippen molar-refractivity contribution in [2.45, 2.75) is 26.3 Å². The van der Waals surface area contributed by atoms with Gasteiger partial charge in [-0.15, -0.1) is 0 Å². The van der Waals surface area contributed by atoms with Crippen molar-refractivity contribution < 1.29 is 9.59 Å². The van der Waals surface area contributed by atoms with E-state index in [4.69, 9.17) is 5.26 Å². The van der Waals surface area contributed by atoms with Crippen molar-refractivity contribution in [1.29, 1.82) is 5.26 Å². The number of amides is 1. The molecule has 17 heavy (non-hydrogen) atoms. The number of hydrogen-bond acceptors (Lipinski definition) is 3. The molecule has 0 aliphatic heterocycles. The Bertz CT molecular complexity index is 476. The molecule has 0 aliphatic rings. The van der Waals surface area contributed by atoms with Crippen LogP contribution in [0.1, 0.15) is 36.7 Å². The highest BCUT2D eigenvalue weighted by molar-refractivity contribution is 6.42. The van der Waals surface area contributed by atoms with Crippen LogP contribution in [0.5, 0.6) is 0 Å². The van der Waals surface area contributed by atoms with Crippen LogP contribution in [-0.2, 0) is 4.79 Å². The molecule has 4 nitrogen and oxygen atoms in total. The Hall–Kier alpha value is -2.15. The fourth-order valence-corrected chi connectivity index (χ4v) is 1.22. The quantitative estimate of drug-likeness (QED) is 0.620. The van der Waals surface area contributed by atoms with Crippen molar-refractivity contribution in [3.63, 3.8) is 0 Å². The van der Waals surface area contributed by atoms with Gasteiger partial charge in [0.2, 0.25) is 5.78 Å². The van der Waals surface area contributed by atoms with Crippen LogP contribution in [0.4, 0.5) is 0 Å². The van der Waals surface area contributed by atoms with E-state index in [9.17, 15) is 9.59 Å². The molecule has 1 N–H and O–H groups in total. The number of hydrogen-bond donors (Lipinski definition) is 1. The number of ketones is 1. The largest absolute Gasteiger partial charge is 0.345 e.